The van der Waals surface area contributed by atoms with Crippen LogP contribution in [-0.4, -0.2) is 26.5 Å². The van der Waals surface area contributed by atoms with Gasteiger partial charge in [-0.15, -0.1) is 0 Å². The zero-order valence-corrected chi connectivity index (χ0v) is 14.6. The number of carbonyl (C=O) groups excluding carboxylic acids is 1. The third-order valence-corrected chi connectivity index (χ3v) is 4.26. The molecule has 0 aliphatic rings. The summed E-state index contributed by atoms with van der Waals surface area (Å²) in [6.45, 7) is 0. The second-order valence-electron chi connectivity index (χ2n) is 6.21. The Bertz CT molecular complexity index is 929. The largest absolute Gasteiger partial charge is 0.481 e. The van der Waals surface area contributed by atoms with Crippen LogP contribution in [0.4, 0.5) is 5.69 Å². The molecule has 0 radical (unpaired) electrons. The van der Waals surface area contributed by atoms with Gasteiger partial charge in [0.1, 0.15) is 5.82 Å². The number of hydrogen-bond acceptors (Lipinski definition) is 3. The number of anilines is 1. The Labute approximate surface area is 151 Å². The minimum absolute atomic E-state index is 0.0972. The van der Waals surface area contributed by atoms with E-state index in [2.05, 4.69) is 10.3 Å². The number of aliphatic carboxylic acids is 1. The number of carboxylic acids is 1. The Morgan fingerprint density at radius 2 is 1.73 bits per heavy atom. The van der Waals surface area contributed by atoms with Gasteiger partial charge in [-0.2, -0.15) is 0 Å². The minimum Gasteiger partial charge on any atom is -0.481 e. The van der Waals surface area contributed by atoms with Gasteiger partial charge in [0.05, 0.1) is 11.0 Å². The van der Waals surface area contributed by atoms with Crippen LogP contribution >= 0.6 is 0 Å². The fourth-order valence-corrected chi connectivity index (χ4v) is 2.89. The molecule has 0 aliphatic carbocycles. The standard InChI is InChI=1S/C20H21N3O3/c1-23-17-7-3-2-6-16(17)22-20(23)14-10-12-15(13-11-14)21-18(24)8-4-5-9-19(25)26/h2-3,6-7,10-13H,4-5,8-9H2,1H3,(H,21,24)(H,25,26). The number of nitrogens with zero attached hydrogens (tertiary/aromatic N) is 2. The van der Waals surface area contributed by atoms with Gasteiger partial charge in [0.2, 0.25) is 5.91 Å². The zero-order valence-electron chi connectivity index (χ0n) is 14.6. The maximum Gasteiger partial charge on any atom is 0.303 e. The number of fused-ring (bicyclic) bond motifs is 1. The summed E-state index contributed by atoms with van der Waals surface area (Å²) < 4.78 is 2.05. The highest BCUT2D eigenvalue weighted by atomic mass is 16.4. The van der Waals surface area contributed by atoms with E-state index < -0.39 is 5.97 Å². The fraction of sp³-hybridized carbons (Fsp3) is 0.250. The lowest BCUT2D eigenvalue weighted by atomic mass is 10.1. The van der Waals surface area contributed by atoms with Gasteiger partial charge < -0.3 is 15.0 Å². The van der Waals surface area contributed by atoms with Crippen molar-refractivity contribution in [3.05, 3.63) is 48.5 Å². The van der Waals surface area contributed by atoms with E-state index >= 15 is 0 Å². The van der Waals surface area contributed by atoms with Gasteiger partial charge in [0, 0.05) is 31.1 Å². The Hall–Kier alpha value is -3.15. The molecule has 2 aromatic carbocycles. The topological polar surface area (TPSA) is 84.2 Å². The molecule has 0 saturated carbocycles. The lowest BCUT2D eigenvalue weighted by Gasteiger charge is -2.07. The first-order chi connectivity index (χ1) is 12.5. The van der Waals surface area contributed by atoms with Gasteiger partial charge in [0.15, 0.2) is 0 Å². The minimum atomic E-state index is -0.831. The zero-order chi connectivity index (χ0) is 18.5. The van der Waals surface area contributed by atoms with Crippen molar-refractivity contribution in [3.63, 3.8) is 0 Å². The second-order valence-corrected chi connectivity index (χ2v) is 6.21. The number of unbranched alkanes of at least 4 members (excludes halogenated alkanes) is 1. The first kappa shape index (κ1) is 17.7. The summed E-state index contributed by atoms with van der Waals surface area (Å²) in [4.78, 5) is 27.0. The van der Waals surface area contributed by atoms with Crippen LogP contribution in [0.1, 0.15) is 25.7 Å². The number of rotatable bonds is 7. The second kappa shape index (κ2) is 7.82. The summed E-state index contributed by atoms with van der Waals surface area (Å²) in [7, 11) is 1.98. The third-order valence-electron chi connectivity index (χ3n) is 4.26. The Morgan fingerprint density at radius 1 is 1.04 bits per heavy atom. The van der Waals surface area contributed by atoms with Crippen molar-refractivity contribution in [3.8, 4) is 11.4 Å². The molecule has 0 atom stereocenters. The molecule has 1 heterocycles. The highest BCUT2D eigenvalue weighted by Gasteiger charge is 2.10. The number of amides is 1. The molecule has 3 rings (SSSR count). The summed E-state index contributed by atoms with van der Waals surface area (Å²) in [6.07, 6.45) is 1.49. The molecule has 134 valence electrons. The van der Waals surface area contributed by atoms with Crippen molar-refractivity contribution in [2.45, 2.75) is 25.7 Å². The maximum absolute atomic E-state index is 11.9. The number of para-hydroxylation sites is 2. The van der Waals surface area contributed by atoms with Gasteiger partial charge in [-0.1, -0.05) is 12.1 Å². The van der Waals surface area contributed by atoms with Crippen molar-refractivity contribution >= 4 is 28.6 Å². The number of nitrogens with one attached hydrogen (secondary N) is 1. The quantitative estimate of drug-likeness (QED) is 0.634. The summed E-state index contributed by atoms with van der Waals surface area (Å²) >= 11 is 0. The number of aryl methyl sites for hydroxylation is 1. The van der Waals surface area contributed by atoms with E-state index in [1.807, 2.05) is 60.1 Å². The average Bonchev–Trinajstić information content (AvgIpc) is 2.96. The van der Waals surface area contributed by atoms with Crippen molar-refractivity contribution in [2.24, 2.45) is 7.05 Å². The monoisotopic (exact) mass is 351 g/mol. The van der Waals surface area contributed by atoms with Crippen molar-refractivity contribution < 1.29 is 14.7 Å². The molecule has 0 saturated heterocycles. The summed E-state index contributed by atoms with van der Waals surface area (Å²) in [5.41, 5.74) is 3.71. The molecule has 1 aromatic heterocycles. The molecule has 0 bridgehead atoms. The Kier molecular flexibility index (Phi) is 5.31. The molecular formula is C20H21N3O3. The molecule has 26 heavy (non-hydrogen) atoms. The summed E-state index contributed by atoms with van der Waals surface area (Å²) in [6, 6.07) is 15.5. The van der Waals surface area contributed by atoms with E-state index in [4.69, 9.17) is 5.11 Å². The van der Waals surface area contributed by atoms with Crippen LogP contribution in [0, 0.1) is 0 Å². The van der Waals surface area contributed by atoms with E-state index in [1.54, 1.807) is 0 Å². The molecule has 6 heteroatoms. The van der Waals surface area contributed by atoms with E-state index in [0.29, 0.717) is 19.3 Å². The van der Waals surface area contributed by atoms with Crippen LogP contribution in [-0.2, 0) is 16.6 Å². The van der Waals surface area contributed by atoms with Gasteiger partial charge in [-0.25, -0.2) is 4.98 Å². The molecule has 6 nitrogen and oxygen atoms in total. The number of carbonyl (C=O) groups is 2. The Balaban J connectivity index is 1.64. The van der Waals surface area contributed by atoms with Crippen molar-refractivity contribution in [1.82, 2.24) is 9.55 Å². The van der Waals surface area contributed by atoms with Crippen molar-refractivity contribution in [2.75, 3.05) is 5.32 Å². The van der Waals surface area contributed by atoms with Gasteiger partial charge in [-0.05, 0) is 49.2 Å². The average molecular weight is 351 g/mol. The third kappa shape index (κ3) is 4.08. The number of aromatic nitrogens is 2. The van der Waals surface area contributed by atoms with Crippen LogP contribution in [0.5, 0.6) is 0 Å². The molecule has 0 fully saturated rings. The van der Waals surface area contributed by atoms with E-state index in [1.165, 1.54) is 0 Å². The van der Waals surface area contributed by atoms with E-state index in [0.717, 1.165) is 28.1 Å². The first-order valence-electron chi connectivity index (χ1n) is 8.58. The van der Waals surface area contributed by atoms with Gasteiger partial charge in [-0.3, -0.25) is 9.59 Å². The number of imidazole rings is 1. The molecule has 0 unspecified atom stereocenters. The maximum atomic E-state index is 11.9. The number of benzene rings is 2. The van der Waals surface area contributed by atoms with Gasteiger partial charge >= 0.3 is 5.97 Å². The first-order valence-corrected chi connectivity index (χ1v) is 8.58. The lowest BCUT2D eigenvalue weighted by Crippen LogP contribution is -2.11. The molecule has 2 N–H and O–H groups in total. The highest BCUT2D eigenvalue weighted by molar-refractivity contribution is 5.91. The van der Waals surface area contributed by atoms with Gasteiger partial charge in [0.25, 0.3) is 0 Å². The van der Waals surface area contributed by atoms with Crippen LogP contribution in [0.25, 0.3) is 22.4 Å². The molecular weight excluding hydrogens is 330 g/mol. The number of carboxylic acid groups (broad SMARTS) is 1. The SMILES string of the molecule is Cn1c(-c2ccc(NC(=O)CCCCC(=O)O)cc2)nc2ccccc21. The van der Waals surface area contributed by atoms with Crippen LogP contribution in [0.2, 0.25) is 0 Å². The van der Waals surface area contributed by atoms with E-state index in [9.17, 15) is 9.59 Å². The predicted molar refractivity (Wildman–Crippen MR) is 101 cm³/mol. The van der Waals surface area contributed by atoms with Crippen molar-refractivity contribution in [1.29, 1.82) is 0 Å². The van der Waals surface area contributed by atoms with Crippen LogP contribution in [0.15, 0.2) is 48.5 Å². The van der Waals surface area contributed by atoms with Crippen LogP contribution < -0.4 is 5.32 Å². The predicted octanol–water partition coefficient (Wildman–Crippen LogP) is 3.82. The lowest BCUT2D eigenvalue weighted by molar-refractivity contribution is -0.137. The van der Waals surface area contributed by atoms with Crippen LogP contribution in [0.3, 0.4) is 0 Å². The summed E-state index contributed by atoms with van der Waals surface area (Å²) in [5.74, 6) is -0.0634. The molecule has 3 aromatic rings. The highest BCUT2D eigenvalue weighted by Crippen LogP contribution is 2.24. The molecule has 0 aliphatic heterocycles. The molecule has 1 amide bonds. The normalized spacial score (nSPS) is 10.8. The Morgan fingerprint density at radius 3 is 2.42 bits per heavy atom. The number of hydrogen-bond donors (Lipinski definition) is 2. The summed E-state index contributed by atoms with van der Waals surface area (Å²) in [5, 5.41) is 11.4. The smallest absolute Gasteiger partial charge is 0.303 e. The fourth-order valence-electron chi connectivity index (χ4n) is 2.89. The molecule has 0 spiro atoms. The van der Waals surface area contributed by atoms with E-state index in [-0.39, 0.29) is 12.3 Å².